The minimum Gasteiger partial charge on any atom is -1.00 e. The summed E-state index contributed by atoms with van der Waals surface area (Å²) in [5.74, 6) is 0.000882. The number of ketones is 1. The van der Waals surface area contributed by atoms with Gasteiger partial charge in [-0.25, -0.2) is 29.0 Å². The van der Waals surface area contributed by atoms with E-state index >= 15 is 0 Å². The summed E-state index contributed by atoms with van der Waals surface area (Å²) in [7, 11) is 4.35. The summed E-state index contributed by atoms with van der Waals surface area (Å²) in [5, 5.41) is 35.9. The number of halogens is 1. The van der Waals surface area contributed by atoms with Crippen LogP contribution in [0.25, 0.3) is 63.8 Å². The zero-order valence-corrected chi connectivity index (χ0v) is 55.2. The van der Waals surface area contributed by atoms with Crippen LogP contribution in [-0.2, 0) is 62.8 Å². The average Bonchev–Trinajstić information content (AvgIpc) is 1.92. The maximum atomic E-state index is 13.1. The fourth-order valence-electron chi connectivity index (χ4n) is 9.45. The third-order valence-corrected chi connectivity index (χ3v) is 20.2. The number of hydrogen-bond acceptors (Lipinski definition) is 18. The van der Waals surface area contributed by atoms with Gasteiger partial charge in [0, 0.05) is 49.1 Å². The normalized spacial score (nSPS) is 11.9. The molecule has 0 spiro atoms. The number of aryl methyl sites for hydroxylation is 3. The molecule has 9 heterocycles. The van der Waals surface area contributed by atoms with Crippen molar-refractivity contribution in [1.82, 2.24) is 58.0 Å². The first-order valence-corrected chi connectivity index (χ1v) is 31.6. The van der Waals surface area contributed by atoms with Crippen molar-refractivity contribution in [3.8, 4) is 0 Å². The number of rotatable bonds is 12. The van der Waals surface area contributed by atoms with Crippen LogP contribution in [0.1, 0.15) is 80.2 Å². The van der Waals surface area contributed by atoms with E-state index in [0.717, 1.165) is 78.0 Å². The van der Waals surface area contributed by atoms with Crippen molar-refractivity contribution in [2.75, 3.05) is 18.8 Å². The molecule has 1 unspecified atom stereocenters. The number of fused-ring (bicyclic) bond motifs is 9. The van der Waals surface area contributed by atoms with Gasteiger partial charge in [0.25, 0.3) is 16.7 Å². The van der Waals surface area contributed by atoms with Gasteiger partial charge < -0.3 is 43.7 Å². The predicted octanol–water partition coefficient (Wildman–Crippen LogP) is 6.73. The van der Waals surface area contributed by atoms with Crippen LogP contribution in [0, 0.1) is 7.43 Å². The summed E-state index contributed by atoms with van der Waals surface area (Å²) in [5.41, 5.74) is 6.51. The molecule has 1 atom stereocenters. The Morgan fingerprint density at radius 2 is 0.929 bits per heavy atom. The molecule has 0 saturated heterocycles. The Kier molecular flexibility index (Phi) is 21.7. The van der Waals surface area contributed by atoms with Gasteiger partial charge in [-0.1, -0.05) is 97.7 Å². The third kappa shape index (κ3) is 13.5. The van der Waals surface area contributed by atoms with E-state index in [4.69, 9.17) is 0 Å². The van der Waals surface area contributed by atoms with Gasteiger partial charge in [0.15, 0.2) is 35.7 Å². The SMILES string of the molecule is C.CSc1nc2c(s1)c1cnn(Cc3cccc(C(C)(C)O)c3)c(=O)c1n2C.CSc1nc2c(s1)c1cnn(Cc3cccc(C(C)=O)c3)c(=O)c1n2C.Cn1c2nc(S(C)=O)sc2c2cnn(Cc3cccc(C(C)(C)O)c3)c(=O)c21.[CH3-].[Cl-].[Mg+2]. The molecular formula is C58H63ClMgN12O7S6. The van der Waals surface area contributed by atoms with Gasteiger partial charge in [-0.05, 0) is 81.0 Å². The monoisotopic (exact) mass is 1290 g/mol. The summed E-state index contributed by atoms with van der Waals surface area (Å²) in [4.78, 5) is 64.3. The maximum absolute atomic E-state index is 13.1. The number of thioether (sulfide) groups is 2. The topological polar surface area (TPSA) is 233 Å². The third-order valence-electron chi connectivity index (χ3n) is 13.7. The van der Waals surface area contributed by atoms with E-state index in [2.05, 4.69) is 30.2 Å². The van der Waals surface area contributed by atoms with Crippen LogP contribution >= 0.6 is 57.5 Å². The number of nitrogens with zero attached hydrogens (tertiary/aromatic N) is 12. The Labute approximate surface area is 535 Å². The van der Waals surface area contributed by atoms with Crippen LogP contribution in [-0.4, -0.2) is 120 Å². The maximum Gasteiger partial charge on any atom is 2.00 e. The van der Waals surface area contributed by atoms with Crippen molar-refractivity contribution in [2.24, 2.45) is 21.1 Å². The number of aliphatic hydroxyl groups is 2. The van der Waals surface area contributed by atoms with Gasteiger partial charge in [0.05, 0.1) is 74.3 Å². The molecule has 0 aliphatic heterocycles. The van der Waals surface area contributed by atoms with Crippen molar-refractivity contribution in [2.45, 2.75) is 85.9 Å². The molecule has 0 aliphatic rings. The minimum atomic E-state index is -1.17. The Morgan fingerprint density at radius 3 is 1.27 bits per heavy atom. The Balaban J connectivity index is 0.000000200. The number of thiazole rings is 3. The van der Waals surface area contributed by atoms with Crippen molar-refractivity contribution in [1.29, 1.82) is 0 Å². The van der Waals surface area contributed by atoms with Gasteiger partial charge in [-0.2, -0.15) is 15.3 Å². The van der Waals surface area contributed by atoms with E-state index in [0.29, 0.717) is 51.7 Å². The summed E-state index contributed by atoms with van der Waals surface area (Å²) in [6.45, 7) is 9.44. The number of carbonyl (C=O) groups excluding carboxylic acids is 1. The molecule has 442 valence electrons. The molecule has 9 aromatic heterocycles. The summed E-state index contributed by atoms with van der Waals surface area (Å²) in [6.07, 6.45) is 10.7. The van der Waals surface area contributed by atoms with E-state index in [1.165, 1.54) is 32.3 Å². The number of benzene rings is 3. The molecule has 12 aromatic rings. The molecule has 85 heavy (non-hydrogen) atoms. The first-order chi connectivity index (χ1) is 38.4. The van der Waals surface area contributed by atoms with Crippen LogP contribution in [0.15, 0.2) is 119 Å². The van der Waals surface area contributed by atoms with Crippen LogP contribution in [0.4, 0.5) is 0 Å². The predicted molar refractivity (Wildman–Crippen MR) is 346 cm³/mol. The molecule has 0 bridgehead atoms. The van der Waals surface area contributed by atoms with Gasteiger partial charge in [-0.3, -0.25) is 23.4 Å². The van der Waals surface area contributed by atoms with Gasteiger partial charge in [0.1, 0.15) is 16.6 Å². The van der Waals surface area contributed by atoms with E-state index < -0.39 is 22.0 Å². The second-order valence-corrected chi connectivity index (χ2v) is 27.0. The molecular weight excluding hydrogens is 1230 g/mol. The van der Waals surface area contributed by atoms with E-state index in [1.54, 1.807) is 122 Å². The first-order valence-electron chi connectivity index (χ1n) is 25.2. The molecule has 0 saturated carbocycles. The molecule has 2 N–H and O–H groups in total. The van der Waals surface area contributed by atoms with Crippen molar-refractivity contribution < 1.29 is 31.6 Å². The molecule has 3 aromatic carbocycles. The van der Waals surface area contributed by atoms with Crippen LogP contribution < -0.4 is 29.1 Å². The number of hydrogen-bond donors (Lipinski definition) is 2. The molecule has 0 amide bonds. The largest absolute Gasteiger partial charge is 2.00 e. The van der Waals surface area contributed by atoms with E-state index in [9.17, 15) is 33.6 Å². The van der Waals surface area contributed by atoms with Crippen LogP contribution in [0.2, 0.25) is 0 Å². The molecule has 0 aliphatic carbocycles. The fraction of sp³-hybridized carbons (Fsp3) is 0.293. The quantitative estimate of drug-likeness (QED) is 0.0559. The molecule has 19 nitrogen and oxygen atoms in total. The number of Topliss-reactive ketones (excluding diaryl/α,β-unsaturated/α-hetero) is 1. The van der Waals surface area contributed by atoms with Crippen molar-refractivity contribution >= 4 is 161 Å². The smallest absolute Gasteiger partial charge is 1.00 e. The van der Waals surface area contributed by atoms with Crippen LogP contribution in [0.3, 0.4) is 0 Å². The van der Waals surface area contributed by atoms with Crippen LogP contribution in [0.5, 0.6) is 0 Å². The zero-order valence-electron chi connectivity index (χ0n) is 48.1. The van der Waals surface area contributed by atoms with Gasteiger partial charge in [-0.15, -0.1) is 34.0 Å². The van der Waals surface area contributed by atoms with Gasteiger partial charge in [0.2, 0.25) is 0 Å². The van der Waals surface area contributed by atoms with Gasteiger partial charge >= 0.3 is 23.1 Å². The fourth-order valence-corrected chi connectivity index (χ4v) is 14.4. The summed E-state index contributed by atoms with van der Waals surface area (Å²) >= 11 is 7.68. The Morgan fingerprint density at radius 1 is 0.588 bits per heavy atom. The molecule has 27 heteroatoms. The molecule has 0 fully saturated rings. The second-order valence-electron chi connectivity index (χ2n) is 20.3. The van der Waals surface area contributed by atoms with E-state index in [-0.39, 0.29) is 72.8 Å². The average molecular weight is 1290 g/mol. The zero-order chi connectivity index (χ0) is 58.0. The standard InChI is InChI=1S/C19H20N4O3S2.C19H20N4O2S2.C18H16N4O2S2.CH4.CH3.ClH.Mg/c1-19(2,25)12-7-5-6-11(8-12)10-23-17(24)14-13(9-20-23)15-16(22(14)3)21-18(27-15)28(4)26;1-19(2,25)12-7-5-6-11(8-12)10-23-17(24)14-13(9-20-23)15-16(22(14)3)21-18(26-4)27-15;1-10(23)12-6-4-5-11(7-12)9-22-17(24)14-13(8-19-22)15-16(21(14)2)20-18(25-3)26-15;;;;/h5-9,25H,10H2,1-4H3;5-9,25H,10H2,1-4H3;4-8H,9H2,1-3H3;1H4;1H3;1H;/q;;;;-1;;+2/p-1. The Bertz CT molecular complexity index is 4670. The second kappa shape index (κ2) is 27.0. The molecule has 12 rings (SSSR count). The number of carbonyl (C=O) groups is 1. The van der Waals surface area contributed by atoms with Crippen molar-refractivity contribution in [3.63, 3.8) is 0 Å². The minimum absolute atomic E-state index is 0. The van der Waals surface area contributed by atoms with Crippen molar-refractivity contribution in [3.05, 3.63) is 163 Å². The number of aromatic nitrogens is 12. The Hall–Kier alpha value is -5.91. The van der Waals surface area contributed by atoms with E-state index in [1.807, 2.05) is 96.4 Å². The summed E-state index contributed by atoms with van der Waals surface area (Å²) in [6, 6.07) is 22.4. The molecule has 0 radical (unpaired) electrons. The first kappa shape index (κ1) is 68.2. The summed E-state index contributed by atoms with van der Waals surface area (Å²) < 4.78 is 26.8.